The normalized spacial score (nSPS) is 25.5. The third kappa shape index (κ3) is 5.44. The molecule has 0 amide bonds. The van der Waals surface area contributed by atoms with Crippen LogP contribution >= 0.6 is 0 Å². The molecule has 0 aliphatic carbocycles. The first-order chi connectivity index (χ1) is 10.1. The van der Waals surface area contributed by atoms with Crippen LogP contribution in [0.25, 0.3) is 0 Å². The molecule has 1 rings (SSSR count). The molecule has 0 spiro atoms. The number of hydrogen-bond acceptors (Lipinski definition) is 4. The van der Waals surface area contributed by atoms with Gasteiger partial charge >= 0.3 is 5.97 Å². The van der Waals surface area contributed by atoms with Crippen LogP contribution in [0.4, 0.5) is 0 Å². The molecule has 21 heavy (non-hydrogen) atoms. The van der Waals surface area contributed by atoms with Crippen LogP contribution in [0, 0.1) is 0 Å². The molecular weight excluding hydrogens is 268 g/mol. The van der Waals surface area contributed by atoms with Crippen LogP contribution in [-0.2, 0) is 19.3 Å². The van der Waals surface area contributed by atoms with Gasteiger partial charge in [0.15, 0.2) is 0 Å². The Balaban J connectivity index is 2.70. The number of hydrogen-bond donors (Lipinski definition) is 0. The minimum Gasteiger partial charge on any atom is -0.469 e. The van der Waals surface area contributed by atoms with E-state index in [2.05, 4.69) is 26.8 Å². The average Bonchev–Trinajstić information content (AvgIpc) is 2.52. The molecule has 0 saturated carbocycles. The standard InChI is InChI=1S/C17H30O4/c1-5-8-9-10-11-17(7-3)13-14(6-2)15(20-21-17)12-16(18)19-4/h13,15H,5-12H2,1-4H3. The van der Waals surface area contributed by atoms with Crippen LogP contribution in [0.1, 0.15) is 72.1 Å². The molecule has 4 heteroatoms. The maximum atomic E-state index is 11.4. The van der Waals surface area contributed by atoms with Gasteiger partial charge in [0.05, 0.1) is 13.5 Å². The minimum absolute atomic E-state index is 0.214. The molecule has 0 saturated heterocycles. The third-order valence-electron chi connectivity index (χ3n) is 4.23. The fraction of sp³-hybridized carbons (Fsp3) is 0.824. The summed E-state index contributed by atoms with van der Waals surface area (Å²) in [6.45, 7) is 6.41. The summed E-state index contributed by atoms with van der Waals surface area (Å²) in [7, 11) is 1.39. The first kappa shape index (κ1) is 18.2. The molecule has 0 N–H and O–H groups in total. The highest BCUT2D eigenvalue weighted by Crippen LogP contribution is 2.35. The first-order valence-electron chi connectivity index (χ1n) is 8.23. The molecule has 0 aromatic rings. The smallest absolute Gasteiger partial charge is 0.308 e. The van der Waals surface area contributed by atoms with E-state index in [1.54, 1.807) is 0 Å². The topological polar surface area (TPSA) is 44.8 Å². The maximum absolute atomic E-state index is 11.4. The lowest BCUT2D eigenvalue weighted by atomic mass is 9.87. The van der Waals surface area contributed by atoms with E-state index in [1.165, 1.54) is 26.4 Å². The predicted octanol–water partition coefficient (Wildman–Crippen LogP) is 4.34. The lowest BCUT2D eigenvalue weighted by Crippen LogP contribution is -2.38. The SMILES string of the molecule is CCCCCCC1(CC)C=C(CC)C(CC(=O)OC)OO1. The van der Waals surface area contributed by atoms with Crippen molar-refractivity contribution in [3.05, 3.63) is 11.6 Å². The van der Waals surface area contributed by atoms with Crippen molar-refractivity contribution in [1.29, 1.82) is 0 Å². The molecule has 2 unspecified atom stereocenters. The highest BCUT2D eigenvalue weighted by molar-refractivity contribution is 5.70. The van der Waals surface area contributed by atoms with Crippen LogP contribution in [0.5, 0.6) is 0 Å². The van der Waals surface area contributed by atoms with Crippen LogP contribution in [0.2, 0.25) is 0 Å². The van der Waals surface area contributed by atoms with Gasteiger partial charge in [-0.25, -0.2) is 9.78 Å². The highest BCUT2D eigenvalue weighted by atomic mass is 17.2. The Morgan fingerprint density at radius 1 is 1.29 bits per heavy atom. The highest BCUT2D eigenvalue weighted by Gasteiger charge is 2.36. The van der Waals surface area contributed by atoms with Gasteiger partial charge in [-0.1, -0.05) is 46.5 Å². The summed E-state index contributed by atoms with van der Waals surface area (Å²) in [4.78, 5) is 22.7. The van der Waals surface area contributed by atoms with E-state index in [-0.39, 0.29) is 24.1 Å². The van der Waals surface area contributed by atoms with E-state index in [4.69, 9.17) is 14.5 Å². The summed E-state index contributed by atoms with van der Waals surface area (Å²) in [5.41, 5.74) is 0.815. The van der Waals surface area contributed by atoms with Crippen molar-refractivity contribution in [1.82, 2.24) is 0 Å². The number of unbranched alkanes of at least 4 members (excludes halogenated alkanes) is 3. The Labute approximate surface area is 128 Å². The Morgan fingerprint density at radius 2 is 2.05 bits per heavy atom. The summed E-state index contributed by atoms with van der Waals surface area (Å²) in [6.07, 6.45) is 9.67. The van der Waals surface area contributed by atoms with Gasteiger partial charge in [0.25, 0.3) is 0 Å². The molecule has 1 aliphatic heterocycles. The molecule has 0 fully saturated rings. The van der Waals surface area contributed by atoms with Crippen molar-refractivity contribution in [2.24, 2.45) is 0 Å². The quantitative estimate of drug-likeness (QED) is 0.275. The van der Waals surface area contributed by atoms with Crippen LogP contribution in [0.15, 0.2) is 11.6 Å². The van der Waals surface area contributed by atoms with Gasteiger partial charge in [-0.2, -0.15) is 0 Å². The number of carbonyl (C=O) groups is 1. The molecule has 0 aromatic heterocycles. The van der Waals surface area contributed by atoms with Crippen LogP contribution < -0.4 is 0 Å². The molecular formula is C17H30O4. The zero-order valence-electron chi connectivity index (χ0n) is 13.9. The second kappa shape index (κ2) is 9.21. The van der Waals surface area contributed by atoms with Crippen molar-refractivity contribution in [3.63, 3.8) is 0 Å². The van der Waals surface area contributed by atoms with E-state index in [1.807, 2.05) is 0 Å². The van der Waals surface area contributed by atoms with E-state index < -0.39 is 0 Å². The van der Waals surface area contributed by atoms with Crippen molar-refractivity contribution >= 4 is 5.97 Å². The molecule has 1 aliphatic rings. The Morgan fingerprint density at radius 3 is 2.62 bits per heavy atom. The lowest BCUT2D eigenvalue weighted by Gasteiger charge is -2.36. The Hall–Kier alpha value is -0.870. The summed E-state index contributed by atoms with van der Waals surface area (Å²) >= 11 is 0. The number of methoxy groups -OCH3 is 1. The van der Waals surface area contributed by atoms with E-state index in [9.17, 15) is 4.79 Å². The van der Waals surface area contributed by atoms with E-state index in [0.29, 0.717) is 0 Å². The van der Waals surface area contributed by atoms with Crippen molar-refractivity contribution in [2.75, 3.05) is 7.11 Å². The summed E-state index contributed by atoms with van der Waals surface area (Å²) < 4.78 is 4.71. The molecule has 2 atom stereocenters. The second-order valence-corrected chi connectivity index (χ2v) is 5.75. The number of rotatable bonds is 9. The van der Waals surface area contributed by atoms with Crippen LogP contribution in [-0.4, -0.2) is 24.8 Å². The zero-order valence-corrected chi connectivity index (χ0v) is 13.9. The Kier molecular flexibility index (Phi) is 7.97. The first-order valence-corrected chi connectivity index (χ1v) is 8.23. The predicted molar refractivity (Wildman–Crippen MR) is 82.7 cm³/mol. The molecule has 122 valence electrons. The summed E-state index contributed by atoms with van der Waals surface area (Å²) in [5.74, 6) is -0.269. The molecule has 4 nitrogen and oxygen atoms in total. The van der Waals surface area contributed by atoms with Gasteiger partial charge in [0, 0.05) is 0 Å². The fourth-order valence-corrected chi connectivity index (χ4v) is 2.70. The lowest BCUT2D eigenvalue weighted by molar-refractivity contribution is -0.377. The molecule has 0 bridgehead atoms. The molecule has 0 radical (unpaired) electrons. The second-order valence-electron chi connectivity index (χ2n) is 5.75. The van der Waals surface area contributed by atoms with Crippen LogP contribution in [0.3, 0.4) is 0 Å². The summed E-state index contributed by atoms with van der Waals surface area (Å²) in [6, 6.07) is 0. The molecule has 0 aromatic carbocycles. The largest absolute Gasteiger partial charge is 0.469 e. The van der Waals surface area contributed by atoms with Crippen molar-refractivity contribution in [3.8, 4) is 0 Å². The van der Waals surface area contributed by atoms with Gasteiger partial charge in [-0.05, 0) is 30.9 Å². The number of ether oxygens (including phenoxy) is 1. The van der Waals surface area contributed by atoms with Gasteiger partial charge in [-0.15, -0.1) is 0 Å². The summed E-state index contributed by atoms with van der Waals surface area (Å²) in [5, 5.41) is 0. The third-order valence-corrected chi connectivity index (χ3v) is 4.23. The van der Waals surface area contributed by atoms with Crippen molar-refractivity contribution < 1.29 is 19.3 Å². The number of esters is 1. The Bertz CT molecular complexity index is 351. The zero-order chi connectivity index (χ0) is 15.7. The van der Waals surface area contributed by atoms with E-state index >= 15 is 0 Å². The molecule has 1 heterocycles. The average molecular weight is 298 g/mol. The van der Waals surface area contributed by atoms with Crippen molar-refractivity contribution in [2.45, 2.75) is 83.8 Å². The van der Waals surface area contributed by atoms with Gasteiger partial charge < -0.3 is 4.74 Å². The minimum atomic E-state index is -0.328. The number of carbonyl (C=O) groups excluding carboxylic acids is 1. The monoisotopic (exact) mass is 298 g/mol. The fourth-order valence-electron chi connectivity index (χ4n) is 2.70. The van der Waals surface area contributed by atoms with Gasteiger partial charge in [0.1, 0.15) is 11.7 Å². The van der Waals surface area contributed by atoms with Gasteiger partial charge in [0.2, 0.25) is 0 Å². The van der Waals surface area contributed by atoms with E-state index in [0.717, 1.165) is 31.3 Å². The van der Waals surface area contributed by atoms with Gasteiger partial charge in [-0.3, -0.25) is 4.79 Å². The maximum Gasteiger partial charge on any atom is 0.308 e.